The molecule has 0 atom stereocenters. The molecule has 1 aliphatic rings. The van der Waals surface area contributed by atoms with Gasteiger partial charge in [-0.2, -0.15) is 0 Å². The molecular weight excluding hydrogens is 252 g/mol. The van der Waals surface area contributed by atoms with Crippen molar-refractivity contribution in [1.29, 1.82) is 0 Å². The number of hydrogen-bond donors (Lipinski definition) is 0. The molecule has 4 rings (SSSR count). The molecule has 0 N–H and O–H groups in total. The fourth-order valence-corrected chi connectivity index (χ4v) is 2.65. The lowest BCUT2D eigenvalue weighted by Gasteiger charge is -2.11. The second kappa shape index (κ2) is 4.07. The molecule has 20 heavy (non-hydrogen) atoms. The Morgan fingerprint density at radius 3 is 2.55 bits per heavy atom. The van der Waals surface area contributed by atoms with Gasteiger partial charge in [0.05, 0.1) is 10.9 Å². The lowest BCUT2D eigenvalue weighted by Crippen LogP contribution is -2.29. The molecule has 0 spiro atoms. The van der Waals surface area contributed by atoms with Crippen molar-refractivity contribution in [3.8, 4) is 0 Å². The molecule has 4 nitrogen and oxygen atoms in total. The zero-order valence-corrected chi connectivity index (χ0v) is 11.2. The van der Waals surface area contributed by atoms with E-state index in [4.69, 9.17) is 4.84 Å². The van der Waals surface area contributed by atoms with Crippen LogP contribution in [0.5, 0.6) is 0 Å². The van der Waals surface area contributed by atoms with Gasteiger partial charge in [0.25, 0.3) is 5.56 Å². The van der Waals surface area contributed by atoms with Gasteiger partial charge in [-0.05, 0) is 35.7 Å². The van der Waals surface area contributed by atoms with Crippen LogP contribution in [0.25, 0.3) is 21.7 Å². The van der Waals surface area contributed by atoms with E-state index >= 15 is 0 Å². The van der Waals surface area contributed by atoms with Crippen molar-refractivity contribution in [3.05, 3.63) is 52.6 Å². The lowest BCUT2D eigenvalue weighted by molar-refractivity contribution is 0.146. The molecule has 1 aliphatic carbocycles. The van der Waals surface area contributed by atoms with Crippen LogP contribution in [0, 0.1) is 0 Å². The summed E-state index contributed by atoms with van der Waals surface area (Å²) in [4.78, 5) is 22.5. The first-order valence-corrected chi connectivity index (χ1v) is 6.78. The molecule has 0 saturated heterocycles. The summed E-state index contributed by atoms with van der Waals surface area (Å²) < 4.78 is 1.34. The van der Waals surface area contributed by atoms with Gasteiger partial charge in [0.15, 0.2) is 5.82 Å². The topological polar surface area (TPSA) is 44.1 Å². The van der Waals surface area contributed by atoms with Gasteiger partial charge in [0.1, 0.15) is 7.11 Å². The number of hydrogen-bond acceptors (Lipinski definition) is 3. The van der Waals surface area contributed by atoms with Crippen LogP contribution in [0.15, 0.2) is 41.2 Å². The van der Waals surface area contributed by atoms with Crippen molar-refractivity contribution in [2.75, 3.05) is 7.11 Å². The van der Waals surface area contributed by atoms with E-state index in [9.17, 15) is 4.79 Å². The first-order chi connectivity index (χ1) is 9.78. The van der Waals surface area contributed by atoms with E-state index in [2.05, 4.69) is 4.98 Å². The molecule has 0 radical (unpaired) electrons. The van der Waals surface area contributed by atoms with Crippen molar-refractivity contribution >= 4 is 21.7 Å². The number of aromatic nitrogens is 2. The third kappa shape index (κ3) is 1.61. The Labute approximate surface area is 115 Å². The lowest BCUT2D eigenvalue weighted by atomic mass is 10.1. The van der Waals surface area contributed by atoms with Gasteiger partial charge < -0.3 is 4.84 Å². The van der Waals surface area contributed by atoms with Crippen LogP contribution in [0.2, 0.25) is 0 Å². The molecule has 1 fully saturated rings. The van der Waals surface area contributed by atoms with Crippen molar-refractivity contribution in [1.82, 2.24) is 9.71 Å². The Morgan fingerprint density at radius 2 is 1.90 bits per heavy atom. The van der Waals surface area contributed by atoms with Gasteiger partial charge in [-0.3, -0.25) is 4.79 Å². The molecule has 4 heteroatoms. The molecule has 3 aromatic rings. The minimum absolute atomic E-state index is 0.120. The highest BCUT2D eigenvalue weighted by molar-refractivity contribution is 5.96. The van der Waals surface area contributed by atoms with E-state index < -0.39 is 0 Å². The monoisotopic (exact) mass is 266 g/mol. The van der Waals surface area contributed by atoms with Crippen LogP contribution >= 0.6 is 0 Å². The number of fused-ring (bicyclic) bond motifs is 2. The number of nitrogens with zero attached hydrogens (tertiary/aromatic N) is 2. The molecule has 0 aliphatic heterocycles. The van der Waals surface area contributed by atoms with Crippen molar-refractivity contribution in [3.63, 3.8) is 0 Å². The summed E-state index contributed by atoms with van der Waals surface area (Å²) in [6.07, 6.45) is 2.16. The molecule has 0 amide bonds. The number of rotatable bonds is 2. The Kier molecular flexibility index (Phi) is 2.33. The van der Waals surface area contributed by atoms with Gasteiger partial charge >= 0.3 is 0 Å². The second-order valence-electron chi connectivity index (χ2n) is 5.24. The van der Waals surface area contributed by atoms with Crippen LogP contribution in [-0.2, 0) is 0 Å². The van der Waals surface area contributed by atoms with Crippen LogP contribution in [-0.4, -0.2) is 16.8 Å². The molecule has 1 saturated carbocycles. The maximum atomic E-state index is 12.6. The van der Waals surface area contributed by atoms with E-state index in [1.807, 2.05) is 36.4 Å². The largest absolute Gasteiger partial charge is 0.412 e. The molecule has 2 aromatic carbocycles. The minimum Gasteiger partial charge on any atom is -0.412 e. The Morgan fingerprint density at radius 1 is 1.20 bits per heavy atom. The van der Waals surface area contributed by atoms with Crippen LogP contribution in [0.1, 0.15) is 24.6 Å². The predicted molar refractivity (Wildman–Crippen MR) is 78.0 cm³/mol. The summed E-state index contributed by atoms with van der Waals surface area (Å²) in [5.41, 5.74) is 0.633. The molecule has 0 unspecified atom stereocenters. The first kappa shape index (κ1) is 11.5. The van der Waals surface area contributed by atoms with Gasteiger partial charge in [-0.15, -0.1) is 4.73 Å². The van der Waals surface area contributed by atoms with Crippen molar-refractivity contribution in [2.24, 2.45) is 0 Å². The minimum atomic E-state index is -0.120. The normalized spacial score (nSPS) is 14.8. The maximum Gasteiger partial charge on any atom is 0.294 e. The third-order valence-corrected chi connectivity index (χ3v) is 3.85. The summed E-state index contributed by atoms with van der Waals surface area (Å²) in [5, 5.41) is 2.75. The number of benzene rings is 2. The van der Waals surface area contributed by atoms with E-state index in [0.717, 1.165) is 35.0 Å². The first-order valence-electron chi connectivity index (χ1n) is 6.78. The predicted octanol–water partition coefficient (Wildman–Crippen LogP) is 2.49. The average Bonchev–Trinajstić information content (AvgIpc) is 3.30. The van der Waals surface area contributed by atoms with Gasteiger partial charge in [0, 0.05) is 5.92 Å². The smallest absolute Gasteiger partial charge is 0.294 e. The fourth-order valence-electron chi connectivity index (χ4n) is 2.65. The molecule has 1 heterocycles. The van der Waals surface area contributed by atoms with E-state index in [1.165, 1.54) is 11.8 Å². The Balaban J connectivity index is 2.12. The van der Waals surface area contributed by atoms with Crippen molar-refractivity contribution in [2.45, 2.75) is 18.8 Å². The zero-order valence-electron chi connectivity index (χ0n) is 11.2. The summed E-state index contributed by atoms with van der Waals surface area (Å²) in [5.74, 6) is 1.11. The van der Waals surface area contributed by atoms with Gasteiger partial charge in [0.2, 0.25) is 0 Å². The highest BCUT2D eigenvalue weighted by Gasteiger charge is 2.30. The van der Waals surface area contributed by atoms with Crippen LogP contribution in [0.3, 0.4) is 0 Å². The SMILES string of the molecule is COn1c(C2CC2)nc2cc3ccccc3cc2c1=O. The van der Waals surface area contributed by atoms with Gasteiger partial charge in [-0.1, -0.05) is 24.3 Å². The Hall–Kier alpha value is -2.36. The molecule has 100 valence electrons. The highest BCUT2D eigenvalue weighted by atomic mass is 16.7. The fraction of sp³-hybridized carbons (Fsp3) is 0.250. The van der Waals surface area contributed by atoms with E-state index in [0.29, 0.717) is 11.3 Å². The molecule has 1 aromatic heterocycles. The standard InChI is InChI=1S/C16H14N2O2/c1-20-18-15(10-6-7-10)17-14-9-12-5-3-2-4-11(12)8-13(14)16(18)19/h2-5,8-10H,6-7H2,1H3. The van der Waals surface area contributed by atoms with E-state index in [-0.39, 0.29) is 5.56 Å². The van der Waals surface area contributed by atoms with Crippen LogP contribution in [0.4, 0.5) is 0 Å². The summed E-state index contributed by atoms with van der Waals surface area (Å²) in [6, 6.07) is 11.9. The average molecular weight is 266 g/mol. The van der Waals surface area contributed by atoms with Gasteiger partial charge in [-0.25, -0.2) is 4.98 Å². The quantitative estimate of drug-likeness (QED) is 0.669. The summed E-state index contributed by atoms with van der Waals surface area (Å²) in [6.45, 7) is 0. The third-order valence-electron chi connectivity index (χ3n) is 3.85. The zero-order chi connectivity index (χ0) is 13.7. The second-order valence-corrected chi connectivity index (χ2v) is 5.24. The van der Waals surface area contributed by atoms with Crippen molar-refractivity contribution < 1.29 is 4.84 Å². The maximum absolute atomic E-state index is 12.6. The Bertz CT molecular complexity index is 879. The summed E-state index contributed by atoms with van der Waals surface area (Å²) >= 11 is 0. The molecular formula is C16H14N2O2. The van der Waals surface area contributed by atoms with Crippen LogP contribution < -0.4 is 10.4 Å². The highest BCUT2D eigenvalue weighted by Crippen LogP contribution is 2.38. The summed E-state index contributed by atoms with van der Waals surface area (Å²) in [7, 11) is 1.52. The molecule has 0 bridgehead atoms. The van der Waals surface area contributed by atoms with E-state index in [1.54, 1.807) is 0 Å².